The third-order valence-electron chi connectivity index (χ3n) is 10.3. The van der Waals surface area contributed by atoms with Gasteiger partial charge in [0, 0.05) is 0 Å². The lowest BCUT2D eigenvalue weighted by Gasteiger charge is -2.47. The van der Waals surface area contributed by atoms with Crippen LogP contribution in [0, 0.1) is 0 Å². The Balaban J connectivity index is 1.27. The molecular formula is C30H52O26. The molecule has 17 N–H and O–H groups in total. The summed E-state index contributed by atoms with van der Waals surface area (Å²) >= 11 is 0. The van der Waals surface area contributed by atoms with Gasteiger partial charge in [-0.25, -0.2) is 0 Å². The van der Waals surface area contributed by atoms with E-state index in [1.807, 2.05) is 0 Å². The van der Waals surface area contributed by atoms with E-state index in [-0.39, 0.29) is 0 Å². The maximum absolute atomic E-state index is 11.2. The monoisotopic (exact) mass is 828 g/mol. The lowest BCUT2D eigenvalue weighted by atomic mass is 9.97. The van der Waals surface area contributed by atoms with Crippen LogP contribution in [0.5, 0.6) is 0 Å². The van der Waals surface area contributed by atoms with E-state index in [0.29, 0.717) is 0 Å². The van der Waals surface area contributed by atoms with Crippen molar-refractivity contribution in [3.05, 3.63) is 0 Å². The number of aliphatic hydroxyl groups is 17. The molecule has 5 heterocycles. The van der Waals surface area contributed by atoms with Gasteiger partial charge in [0.25, 0.3) is 0 Å². The van der Waals surface area contributed by atoms with Gasteiger partial charge in [-0.1, -0.05) is 0 Å². The minimum absolute atomic E-state index is 0.697. The van der Waals surface area contributed by atoms with Crippen molar-refractivity contribution in [3.63, 3.8) is 0 Å². The highest BCUT2D eigenvalue weighted by Crippen LogP contribution is 2.32. The molecule has 0 aliphatic carbocycles. The van der Waals surface area contributed by atoms with Gasteiger partial charge in [-0.05, 0) is 0 Å². The highest BCUT2D eigenvalue weighted by molar-refractivity contribution is 4.96. The number of ether oxygens (including phenoxy) is 9. The zero-order valence-electron chi connectivity index (χ0n) is 29.2. The Hall–Kier alpha value is -1.04. The van der Waals surface area contributed by atoms with E-state index in [1.54, 1.807) is 0 Å². The summed E-state index contributed by atoms with van der Waals surface area (Å²) in [6, 6.07) is 0. The first-order valence-corrected chi connectivity index (χ1v) is 17.6. The Labute approximate surface area is 316 Å². The molecule has 26 heteroatoms. The second-order valence-electron chi connectivity index (χ2n) is 14.1. The van der Waals surface area contributed by atoms with Gasteiger partial charge >= 0.3 is 0 Å². The van der Waals surface area contributed by atoms with Crippen LogP contribution in [0.25, 0.3) is 0 Å². The Kier molecular flexibility index (Phi) is 16.1. The van der Waals surface area contributed by atoms with Gasteiger partial charge < -0.3 is 129 Å². The molecule has 0 amide bonds. The molecule has 25 atom stereocenters. The van der Waals surface area contributed by atoms with Gasteiger partial charge in [0.2, 0.25) is 0 Å². The molecule has 0 aromatic rings. The van der Waals surface area contributed by atoms with Gasteiger partial charge in [0.15, 0.2) is 31.5 Å². The quantitative estimate of drug-likeness (QED) is 0.0819. The second-order valence-corrected chi connectivity index (χ2v) is 14.1. The van der Waals surface area contributed by atoms with Crippen LogP contribution < -0.4 is 0 Å². The minimum atomic E-state index is -2.06. The number of hydrogen-bond acceptors (Lipinski definition) is 26. The minimum Gasteiger partial charge on any atom is -0.394 e. The number of rotatable bonds is 13. The predicted octanol–water partition coefficient (Wildman–Crippen LogP) is -11.9. The Morgan fingerprint density at radius 3 is 1.09 bits per heavy atom. The molecule has 5 rings (SSSR count). The number of hydrogen-bond donors (Lipinski definition) is 17. The molecular weight excluding hydrogens is 776 g/mol. The zero-order chi connectivity index (χ0) is 41.3. The maximum Gasteiger partial charge on any atom is 0.187 e. The second kappa shape index (κ2) is 19.6. The molecule has 5 aliphatic rings. The average molecular weight is 829 g/mol. The fraction of sp³-hybridized carbons (Fsp3) is 1.00. The molecule has 0 aromatic carbocycles. The van der Waals surface area contributed by atoms with Crippen LogP contribution in [0.4, 0.5) is 0 Å². The summed E-state index contributed by atoms with van der Waals surface area (Å²) in [4.78, 5) is 0. The summed E-state index contributed by atoms with van der Waals surface area (Å²) in [5.41, 5.74) is 0. The SMILES string of the molecule is OC[C@H]1O[C@H](OC[C@H]2O[C@H](OC[C@H]3O[C@H](OC[C@H]4O[C@@H](O)[C@H](O)[C@@H](O)[C@H]4O)[C@H](O[C@H]4O[C@H](CO)[C@H](O)[C@H](O)[C@H]4O)[C@@H](O)[C@H]3O)[C@H](O)[C@@H](O)[C@H]2O)[C@H](O)[C@@H](O)[C@H]1O. The van der Waals surface area contributed by atoms with Crippen molar-refractivity contribution in [1.82, 2.24) is 0 Å². The van der Waals surface area contributed by atoms with Crippen LogP contribution in [0.15, 0.2) is 0 Å². The molecule has 0 unspecified atom stereocenters. The topological polar surface area (TPSA) is 427 Å². The van der Waals surface area contributed by atoms with Crippen LogP contribution >= 0.6 is 0 Å². The molecule has 26 nitrogen and oxygen atoms in total. The Morgan fingerprint density at radius 2 is 0.625 bits per heavy atom. The summed E-state index contributed by atoms with van der Waals surface area (Å²) in [6.07, 6.45) is -45.2. The lowest BCUT2D eigenvalue weighted by Crippen LogP contribution is -2.65. The summed E-state index contributed by atoms with van der Waals surface area (Å²) in [5, 5.41) is 174. The van der Waals surface area contributed by atoms with Gasteiger partial charge in [-0.3, -0.25) is 0 Å². The lowest BCUT2D eigenvalue weighted by molar-refractivity contribution is -0.377. The number of aliphatic hydroxyl groups excluding tert-OH is 17. The fourth-order valence-corrected chi connectivity index (χ4v) is 6.69. The predicted molar refractivity (Wildman–Crippen MR) is 167 cm³/mol. The fourth-order valence-electron chi connectivity index (χ4n) is 6.69. The molecule has 5 fully saturated rings. The summed E-state index contributed by atoms with van der Waals surface area (Å²) in [6.45, 7) is -3.90. The van der Waals surface area contributed by atoms with E-state index < -0.39 is 187 Å². The first kappa shape index (κ1) is 46.0. The van der Waals surface area contributed by atoms with Crippen LogP contribution in [-0.4, -0.2) is 273 Å². The van der Waals surface area contributed by atoms with Crippen molar-refractivity contribution in [2.75, 3.05) is 33.0 Å². The summed E-state index contributed by atoms with van der Waals surface area (Å²) in [7, 11) is 0. The van der Waals surface area contributed by atoms with Crippen LogP contribution in [0.2, 0.25) is 0 Å². The maximum atomic E-state index is 11.2. The molecule has 0 spiro atoms. The normalized spacial score (nSPS) is 53.2. The molecule has 56 heavy (non-hydrogen) atoms. The standard InChI is InChI=1S/C30H52O26/c31-1-6-11(33)17(39)22(44)27(52-6)48-4-9-14(36)19(41)23(45)28(54-9)49-5-10-15(37)20(42)25(56-29-24(46)18(40)12(34)7(2-32)53-29)30(55-10)50-3-8-13(35)16(38)21(43)26(47)51-8/h6-47H,1-5H2/t6-,7-,8-,9-,10-,11+,12+,13+,14+,15+,16+,17+,18+,19+,20+,21-,22-,23-,24-,25-,26-,27+,28+,29-,30+/m1/s1. The van der Waals surface area contributed by atoms with Crippen molar-refractivity contribution in [2.24, 2.45) is 0 Å². The molecule has 0 saturated carbocycles. The highest BCUT2D eigenvalue weighted by Gasteiger charge is 2.53. The van der Waals surface area contributed by atoms with Crippen molar-refractivity contribution >= 4 is 0 Å². The first-order valence-electron chi connectivity index (χ1n) is 17.6. The summed E-state index contributed by atoms with van der Waals surface area (Å²) < 4.78 is 49.1. The first-order chi connectivity index (χ1) is 26.4. The molecule has 0 bridgehead atoms. The molecule has 5 aliphatic heterocycles. The zero-order valence-corrected chi connectivity index (χ0v) is 29.2. The van der Waals surface area contributed by atoms with Gasteiger partial charge in [0.05, 0.1) is 33.0 Å². The van der Waals surface area contributed by atoms with Crippen LogP contribution in [0.3, 0.4) is 0 Å². The van der Waals surface area contributed by atoms with Crippen LogP contribution in [-0.2, 0) is 42.6 Å². The van der Waals surface area contributed by atoms with E-state index in [4.69, 9.17) is 42.6 Å². The van der Waals surface area contributed by atoms with Crippen molar-refractivity contribution < 1.29 is 129 Å². The van der Waals surface area contributed by atoms with Crippen molar-refractivity contribution in [1.29, 1.82) is 0 Å². The average Bonchev–Trinajstić information content (AvgIpc) is 3.18. The van der Waals surface area contributed by atoms with E-state index in [0.717, 1.165) is 0 Å². The highest BCUT2D eigenvalue weighted by atomic mass is 16.8. The smallest absolute Gasteiger partial charge is 0.187 e. The van der Waals surface area contributed by atoms with Gasteiger partial charge in [-0.2, -0.15) is 0 Å². The van der Waals surface area contributed by atoms with Crippen LogP contribution in [0.1, 0.15) is 0 Å². The largest absolute Gasteiger partial charge is 0.394 e. The molecule has 0 radical (unpaired) electrons. The molecule has 5 saturated heterocycles. The van der Waals surface area contributed by atoms with E-state index in [2.05, 4.69) is 0 Å². The molecule has 328 valence electrons. The van der Waals surface area contributed by atoms with Crippen molar-refractivity contribution in [2.45, 2.75) is 154 Å². The van der Waals surface area contributed by atoms with E-state index in [9.17, 15) is 86.8 Å². The Morgan fingerprint density at radius 1 is 0.304 bits per heavy atom. The third kappa shape index (κ3) is 9.61. The van der Waals surface area contributed by atoms with Gasteiger partial charge in [0.1, 0.15) is 122 Å². The van der Waals surface area contributed by atoms with E-state index in [1.165, 1.54) is 0 Å². The van der Waals surface area contributed by atoms with Crippen molar-refractivity contribution in [3.8, 4) is 0 Å². The van der Waals surface area contributed by atoms with Gasteiger partial charge in [-0.15, -0.1) is 0 Å². The van der Waals surface area contributed by atoms with E-state index >= 15 is 0 Å². The summed E-state index contributed by atoms with van der Waals surface area (Å²) in [5.74, 6) is 0. The molecule has 0 aromatic heterocycles. The Bertz CT molecular complexity index is 1200. The third-order valence-corrected chi connectivity index (χ3v) is 10.3.